The highest BCUT2D eigenvalue weighted by molar-refractivity contribution is 5.80. The molecule has 4 heteroatoms. The Morgan fingerprint density at radius 1 is 1.16 bits per heavy atom. The van der Waals surface area contributed by atoms with Crippen molar-refractivity contribution in [2.24, 2.45) is 0 Å². The Bertz CT molecular complexity index is 676. The summed E-state index contributed by atoms with van der Waals surface area (Å²) < 4.78 is 7.37. The lowest BCUT2D eigenvalue weighted by Crippen LogP contribution is -2.05. The van der Waals surface area contributed by atoms with E-state index in [0.717, 1.165) is 29.0 Å². The van der Waals surface area contributed by atoms with E-state index in [2.05, 4.69) is 15.6 Å². The molecule has 2 aromatic heterocycles. The number of para-hydroxylation sites is 2. The van der Waals surface area contributed by atoms with E-state index in [1.54, 1.807) is 13.3 Å². The summed E-state index contributed by atoms with van der Waals surface area (Å²) in [5.74, 6) is 0.936. The lowest BCUT2D eigenvalue weighted by atomic mass is 10.2. The lowest BCUT2D eigenvalue weighted by molar-refractivity contribution is 0.188. The van der Waals surface area contributed by atoms with Crippen molar-refractivity contribution in [3.8, 4) is 11.4 Å². The van der Waals surface area contributed by atoms with Gasteiger partial charge < -0.3 is 9.30 Å². The molecule has 0 amide bonds. The van der Waals surface area contributed by atoms with Crippen molar-refractivity contribution in [2.75, 3.05) is 13.7 Å². The van der Waals surface area contributed by atoms with E-state index in [4.69, 9.17) is 9.72 Å². The molecular formula is C15H15N3O. The molecule has 0 N–H and O–H groups in total. The summed E-state index contributed by atoms with van der Waals surface area (Å²) in [4.78, 5) is 8.87. The number of imidazole rings is 1. The van der Waals surface area contributed by atoms with Gasteiger partial charge in [-0.1, -0.05) is 12.1 Å². The van der Waals surface area contributed by atoms with E-state index in [1.165, 1.54) is 0 Å². The summed E-state index contributed by atoms with van der Waals surface area (Å²) in [5.41, 5.74) is 3.14. The van der Waals surface area contributed by atoms with Crippen LogP contribution < -0.4 is 0 Å². The van der Waals surface area contributed by atoms with Gasteiger partial charge in [-0.05, 0) is 24.3 Å². The van der Waals surface area contributed by atoms with Gasteiger partial charge >= 0.3 is 0 Å². The number of ether oxygens (including phenoxy) is 1. The van der Waals surface area contributed by atoms with Gasteiger partial charge in [0.25, 0.3) is 0 Å². The number of benzene rings is 1. The van der Waals surface area contributed by atoms with Gasteiger partial charge in [0.2, 0.25) is 0 Å². The quantitative estimate of drug-likeness (QED) is 0.717. The van der Waals surface area contributed by atoms with Gasteiger partial charge in [0.15, 0.2) is 0 Å². The van der Waals surface area contributed by atoms with Crippen LogP contribution in [0.3, 0.4) is 0 Å². The lowest BCUT2D eigenvalue weighted by Gasteiger charge is -2.08. The monoisotopic (exact) mass is 253 g/mol. The van der Waals surface area contributed by atoms with Gasteiger partial charge in [0.05, 0.1) is 17.6 Å². The normalized spacial score (nSPS) is 11.0. The molecule has 96 valence electrons. The Morgan fingerprint density at radius 3 is 2.84 bits per heavy atom. The molecule has 19 heavy (non-hydrogen) atoms. The fourth-order valence-electron chi connectivity index (χ4n) is 2.20. The number of methoxy groups -OCH3 is 1. The van der Waals surface area contributed by atoms with Crippen molar-refractivity contribution >= 4 is 11.0 Å². The van der Waals surface area contributed by atoms with E-state index in [-0.39, 0.29) is 0 Å². The first-order valence-corrected chi connectivity index (χ1v) is 6.25. The first kappa shape index (κ1) is 11.9. The topological polar surface area (TPSA) is 39.9 Å². The summed E-state index contributed by atoms with van der Waals surface area (Å²) >= 11 is 0. The number of hydrogen-bond acceptors (Lipinski definition) is 3. The van der Waals surface area contributed by atoms with E-state index in [9.17, 15) is 0 Å². The Labute approximate surface area is 111 Å². The minimum Gasteiger partial charge on any atom is -0.383 e. The molecule has 0 bridgehead atoms. The molecule has 0 fully saturated rings. The summed E-state index contributed by atoms with van der Waals surface area (Å²) in [5, 5.41) is 0. The maximum atomic E-state index is 5.19. The SMILES string of the molecule is COCCn1c(-c2cccnc2)nc2ccccc21. The minimum absolute atomic E-state index is 0.660. The van der Waals surface area contributed by atoms with Crippen LogP contribution in [0, 0.1) is 0 Å². The van der Waals surface area contributed by atoms with Crippen molar-refractivity contribution in [1.82, 2.24) is 14.5 Å². The molecule has 4 nitrogen and oxygen atoms in total. The fourth-order valence-corrected chi connectivity index (χ4v) is 2.20. The highest BCUT2D eigenvalue weighted by atomic mass is 16.5. The van der Waals surface area contributed by atoms with Crippen molar-refractivity contribution in [2.45, 2.75) is 6.54 Å². The zero-order valence-electron chi connectivity index (χ0n) is 10.8. The molecule has 0 spiro atoms. The van der Waals surface area contributed by atoms with Crippen molar-refractivity contribution in [1.29, 1.82) is 0 Å². The second kappa shape index (κ2) is 5.20. The van der Waals surface area contributed by atoms with Gasteiger partial charge in [0, 0.05) is 31.6 Å². The Morgan fingerprint density at radius 2 is 2.05 bits per heavy atom. The third-order valence-electron chi connectivity index (χ3n) is 3.09. The number of nitrogens with zero attached hydrogens (tertiary/aromatic N) is 3. The van der Waals surface area contributed by atoms with Crippen LogP contribution in [0.25, 0.3) is 22.4 Å². The highest BCUT2D eigenvalue weighted by Gasteiger charge is 2.11. The molecule has 0 aliphatic heterocycles. The predicted octanol–water partition coefficient (Wildman–Crippen LogP) is 2.74. The van der Waals surface area contributed by atoms with E-state index < -0.39 is 0 Å². The Hall–Kier alpha value is -2.20. The van der Waals surface area contributed by atoms with Crippen LogP contribution in [0.4, 0.5) is 0 Å². The van der Waals surface area contributed by atoms with Gasteiger partial charge in [0.1, 0.15) is 5.82 Å². The first-order chi connectivity index (χ1) is 9.40. The van der Waals surface area contributed by atoms with Crippen LogP contribution >= 0.6 is 0 Å². The molecule has 2 heterocycles. The number of aromatic nitrogens is 3. The second-order valence-electron chi connectivity index (χ2n) is 4.31. The predicted molar refractivity (Wildman–Crippen MR) is 74.8 cm³/mol. The zero-order chi connectivity index (χ0) is 13.1. The van der Waals surface area contributed by atoms with Crippen LogP contribution in [0.1, 0.15) is 0 Å². The van der Waals surface area contributed by atoms with Crippen LogP contribution in [0.15, 0.2) is 48.8 Å². The summed E-state index contributed by atoms with van der Waals surface area (Å²) in [6, 6.07) is 12.1. The van der Waals surface area contributed by atoms with Crippen LogP contribution in [-0.2, 0) is 11.3 Å². The standard InChI is InChI=1S/C15H15N3O/c1-19-10-9-18-14-7-3-2-6-13(14)17-15(18)12-5-4-8-16-11-12/h2-8,11H,9-10H2,1H3. The molecule has 0 aliphatic carbocycles. The molecule has 1 aromatic carbocycles. The molecule has 0 aliphatic rings. The average Bonchev–Trinajstić information content (AvgIpc) is 2.85. The molecule has 0 radical (unpaired) electrons. The van der Waals surface area contributed by atoms with Crippen molar-refractivity contribution < 1.29 is 4.74 Å². The largest absolute Gasteiger partial charge is 0.383 e. The Kier molecular flexibility index (Phi) is 3.25. The smallest absolute Gasteiger partial charge is 0.142 e. The zero-order valence-corrected chi connectivity index (χ0v) is 10.8. The third-order valence-corrected chi connectivity index (χ3v) is 3.09. The van der Waals surface area contributed by atoms with Crippen LogP contribution in [-0.4, -0.2) is 28.3 Å². The van der Waals surface area contributed by atoms with Crippen LogP contribution in [0.2, 0.25) is 0 Å². The summed E-state index contributed by atoms with van der Waals surface area (Å²) in [6.07, 6.45) is 3.61. The van der Waals surface area contributed by atoms with Crippen molar-refractivity contribution in [3.05, 3.63) is 48.8 Å². The summed E-state index contributed by atoms with van der Waals surface area (Å²) in [6.45, 7) is 1.44. The van der Waals surface area contributed by atoms with E-state index in [1.807, 2.05) is 36.5 Å². The highest BCUT2D eigenvalue weighted by Crippen LogP contribution is 2.23. The number of fused-ring (bicyclic) bond motifs is 1. The van der Waals surface area contributed by atoms with E-state index in [0.29, 0.717) is 6.61 Å². The number of hydrogen-bond donors (Lipinski definition) is 0. The van der Waals surface area contributed by atoms with Gasteiger partial charge in [-0.2, -0.15) is 0 Å². The van der Waals surface area contributed by atoms with Gasteiger partial charge in [-0.15, -0.1) is 0 Å². The third kappa shape index (κ3) is 2.22. The molecule has 3 rings (SSSR count). The number of rotatable bonds is 4. The molecule has 0 atom stereocenters. The molecule has 0 saturated heterocycles. The van der Waals surface area contributed by atoms with Crippen LogP contribution in [0.5, 0.6) is 0 Å². The van der Waals surface area contributed by atoms with Gasteiger partial charge in [-0.3, -0.25) is 4.98 Å². The average molecular weight is 253 g/mol. The fraction of sp³-hybridized carbons (Fsp3) is 0.200. The van der Waals surface area contributed by atoms with Gasteiger partial charge in [-0.25, -0.2) is 4.98 Å². The minimum atomic E-state index is 0.660. The molecule has 0 unspecified atom stereocenters. The van der Waals surface area contributed by atoms with Crippen molar-refractivity contribution in [3.63, 3.8) is 0 Å². The first-order valence-electron chi connectivity index (χ1n) is 6.25. The molecule has 3 aromatic rings. The Balaban J connectivity index is 2.17. The van der Waals surface area contributed by atoms with E-state index >= 15 is 0 Å². The molecular weight excluding hydrogens is 238 g/mol. The second-order valence-corrected chi connectivity index (χ2v) is 4.31. The summed E-state index contributed by atoms with van der Waals surface area (Å²) in [7, 11) is 1.71. The number of pyridine rings is 1. The maximum absolute atomic E-state index is 5.19. The maximum Gasteiger partial charge on any atom is 0.142 e. The molecule has 0 saturated carbocycles.